The lowest BCUT2D eigenvalue weighted by atomic mass is 9.83. The van der Waals surface area contributed by atoms with Crippen LogP contribution in [0.3, 0.4) is 0 Å². The highest BCUT2D eigenvalue weighted by atomic mass is 16.6. The van der Waals surface area contributed by atoms with E-state index in [0.717, 1.165) is 36.0 Å². The van der Waals surface area contributed by atoms with Crippen LogP contribution in [0.4, 0.5) is 0 Å². The summed E-state index contributed by atoms with van der Waals surface area (Å²) in [5.41, 5.74) is 8.94. The molecule has 0 aromatic heterocycles. The van der Waals surface area contributed by atoms with Gasteiger partial charge in [0.25, 0.3) is 0 Å². The lowest BCUT2D eigenvalue weighted by Crippen LogP contribution is -2.22. The maximum Gasteiger partial charge on any atom is 0.349 e. The molecule has 37 heavy (non-hydrogen) atoms. The predicted octanol–water partition coefficient (Wildman–Crippen LogP) is 5.77. The van der Waals surface area contributed by atoms with Crippen LogP contribution in [0.5, 0.6) is 23.0 Å². The second kappa shape index (κ2) is 12.0. The lowest BCUT2D eigenvalue weighted by Gasteiger charge is -2.28. The highest BCUT2D eigenvalue weighted by molar-refractivity contribution is 5.74. The van der Waals surface area contributed by atoms with E-state index in [1.54, 1.807) is 24.3 Å². The van der Waals surface area contributed by atoms with Crippen molar-refractivity contribution in [2.45, 2.75) is 39.0 Å². The summed E-state index contributed by atoms with van der Waals surface area (Å²) in [6.45, 7) is 4.39. The van der Waals surface area contributed by atoms with Crippen molar-refractivity contribution < 1.29 is 23.7 Å². The van der Waals surface area contributed by atoms with Gasteiger partial charge in [-0.05, 0) is 37.1 Å². The van der Waals surface area contributed by atoms with Crippen molar-refractivity contribution in [1.82, 2.24) is 0 Å². The molecule has 2 N–H and O–H groups in total. The first-order chi connectivity index (χ1) is 18.0. The summed E-state index contributed by atoms with van der Waals surface area (Å²) >= 11 is 0. The molecule has 3 aromatic carbocycles. The monoisotopic (exact) mass is 498 g/mol. The molecule has 3 aromatic rings. The molecule has 0 amide bonds. The third kappa shape index (κ3) is 6.04. The Morgan fingerprint density at radius 1 is 1.00 bits per heavy atom. The largest absolute Gasteiger partial charge is 0.493 e. The molecular formula is C30H30N2O5. The summed E-state index contributed by atoms with van der Waals surface area (Å²) in [4.78, 5) is 12.4. The number of hydrogen-bond donors (Lipinski definition) is 1. The van der Waals surface area contributed by atoms with E-state index in [-0.39, 0.29) is 18.2 Å². The first-order valence-corrected chi connectivity index (χ1v) is 12.3. The minimum atomic E-state index is -0.553. The summed E-state index contributed by atoms with van der Waals surface area (Å²) in [6.07, 6.45) is 3.12. The topological polar surface area (TPSA) is 104 Å². The number of hydrogen-bond acceptors (Lipinski definition) is 7. The van der Waals surface area contributed by atoms with Crippen molar-refractivity contribution in [3.63, 3.8) is 0 Å². The smallest absolute Gasteiger partial charge is 0.349 e. The Labute approximate surface area is 217 Å². The normalized spacial score (nSPS) is 14.2. The number of allylic oxidation sites excluding steroid dienone is 1. The standard InChI is InChI=1S/C30H30N2O5/c1-3-4-9-16-34-26-13-8-6-11-22(26)29-23-15-14-21(17-27(23)37-30(32)24(29)18-31)36-28(33)19-35-25-12-7-5-10-20(25)2/h5-8,10-15,17,29H,3-4,9,16,19,32H2,1-2H3. The predicted molar refractivity (Wildman–Crippen MR) is 140 cm³/mol. The zero-order valence-corrected chi connectivity index (χ0v) is 21.0. The molecule has 1 heterocycles. The van der Waals surface area contributed by atoms with Gasteiger partial charge in [0.2, 0.25) is 5.88 Å². The molecule has 4 rings (SSSR count). The van der Waals surface area contributed by atoms with Crippen molar-refractivity contribution in [3.05, 3.63) is 94.9 Å². The molecule has 7 heteroatoms. The number of nitrogens with two attached hydrogens (primary N) is 1. The first-order valence-electron chi connectivity index (χ1n) is 12.3. The average Bonchev–Trinajstić information content (AvgIpc) is 2.90. The first kappa shape index (κ1) is 25.6. The molecule has 0 fully saturated rings. The molecule has 0 saturated carbocycles. The van der Waals surface area contributed by atoms with Gasteiger partial charge in [0, 0.05) is 17.2 Å². The van der Waals surface area contributed by atoms with Gasteiger partial charge in [-0.15, -0.1) is 0 Å². The van der Waals surface area contributed by atoms with Gasteiger partial charge < -0.3 is 24.7 Å². The Bertz CT molecular complexity index is 1340. The number of aryl methyl sites for hydroxylation is 1. The number of esters is 1. The number of benzene rings is 3. The molecule has 0 spiro atoms. The molecule has 0 aliphatic carbocycles. The molecular weight excluding hydrogens is 468 g/mol. The van der Waals surface area contributed by atoms with Crippen molar-refractivity contribution in [1.29, 1.82) is 5.26 Å². The van der Waals surface area contributed by atoms with Gasteiger partial charge in [-0.1, -0.05) is 62.2 Å². The van der Waals surface area contributed by atoms with E-state index in [9.17, 15) is 10.1 Å². The van der Waals surface area contributed by atoms with Gasteiger partial charge in [0.15, 0.2) is 6.61 Å². The molecule has 0 saturated heterocycles. The minimum Gasteiger partial charge on any atom is -0.493 e. The molecule has 1 atom stereocenters. The van der Waals surface area contributed by atoms with Gasteiger partial charge in [-0.25, -0.2) is 4.79 Å². The fourth-order valence-corrected chi connectivity index (χ4v) is 4.22. The van der Waals surface area contributed by atoms with Crippen molar-refractivity contribution >= 4 is 5.97 Å². The molecule has 1 unspecified atom stereocenters. The van der Waals surface area contributed by atoms with Gasteiger partial charge in [-0.2, -0.15) is 5.26 Å². The number of nitriles is 1. The highest BCUT2D eigenvalue weighted by Crippen LogP contribution is 2.45. The second-order valence-corrected chi connectivity index (χ2v) is 8.75. The van der Waals surface area contributed by atoms with Crippen LogP contribution in [-0.2, 0) is 4.79 Å². The molecule has 0 radical (unpaired) electrons. The van der Waals surface area contributed by atoms with E-state index in [1.165, 1.54) is 0 Å². The molecule has 1 aliphatic heterocycles. The summed E-state index contributed by atoms with van der Waals surface area (Å²) in [5.74, 6) is 0.982. The zero-order chi connectivity index (χ0) is 26.2. The number of rotatable bonds is 10. The van der Waals surface area contributed by atoms with Crippen molar-refractivity contribution in [2.24, 2.45) is 5.73 Å². The number of carbonyl (C=O) groups is 1. The van der Waals surface area contributed by atoms with Crippen LogP contribution in [0.25, 0.3) is 0 Å². The van der Waals surface area contributed by atoms with Crippen LogP contribution in [0.1, 0.15) is 48.8 Å². The van der Waals surface area contributed by atoms with Gasteiger partial charge in [-0.3, -0.25) is 0 Å². The number of para-hydroxylation sites is 2. The second-order valence-electron chi connectivity index (χ2n) is 8.75. The molecule has 1 aliphatic rings. The van der Waals surface area contributed by atoms with Crippen LogP contribution in [0, 0.1) is 18.3 Å². The highest BCUT2D eigenvalue weighted by Gasteiger charge is 2.33. The number of fused-ring (bicyclic) bond motifs is 1. The Morgan fingerprint density at radius 3 is 2.51 bits per heavy atom. The fourth-order valence-electron chi connectivity index (χ4n) is 4.22. The zero-order valence-electron chi connectivity index (χ0n) is 21.0. The van der Waals surface area contributed by atoms with E-state index < -0.39 is 11.9 Å². The fraction of sp³-hybridized carbons (Fsp3) is 0.267. The summed E-state index contributed by atoms with van der Waals surface area (Å²) in [5, 5.41) is 9.91. The van der Waals surface area contributed by atoms with Gasteiger partial charge >= 0.3 is 5.97 Å². The maximum absolute atomic E-state index is 12.4. The summed E-state index contributed by atoms with van der Waals surface area (Å²) in [6, 6.07) is 22.3. The quantitative estimate of drug-likeness (QED) is 0.215. The van der Waals surface area contributed by atoms with E-state index in [0.29, 0.717) is 29.4 Å². The van der Waals surface area contributed by atoms with Crippen LogP contribution in [0.15, 0.2) is 78.2 Å². The van der Waals surface area contributed by atoms with Gasteiger partial charge in [0.05, 0.1) is 12.5 Å². The molecule has 7 nitrogen and oxygen atoms in total. The Morgan fingerprint density at radius 2 is 1.76 bits per heavy atom. The Hall–Kier alpha value is -4.44. The molecule has 190 valence electrons. The number of nitrogens with zero attached hydrogens (tertiary/aromatic N) is 1. The summed E-state index contributed by atoms with van der Waals surface area (Å²) < 4.78 is 22.9. The van der Waals surface area contributed by atoms with E-state index in [2.05, 4.69) is 13.0 Å². The minimum absolute atomic E-state index is 0.00662. The van der Waals surface area contributed by atoms with Crippen molar-refractivity contribution in [3.8, 4) is 29.1 Å². The van der Waals surface area contributed by atoms with E-state index >= 15 is 0 Å². The van der Waals surface area contributed by atoms with Crippen LogP contribution in [-0.4, -0.2) is 19.2 Å². The SMILES string of the molecule is CCCCCOc1ccccc1C1C(C#N)=C(N)Oc2cc(OC(=O)COc3ccccc3C)ccc21. The van der Waals surface area contributed by atoms with Crippen LogP contribution in [0.2, 0.25) is 0 Å². The van der Waals surface area contributed by atoms with Gasteiger partial charge in [0.1, 0.15) is 34.6 Å². The number of ether oxygens (including phenoxy) is 4. The number of unbranched alkanes of at least 4 members (excludes halogenated alkanes) is 2. The third-order valence-corrected chi connectivity index (χ3v) is 6.10. The maximum atomic E-state index is 12.4. The summed E-state index contributed by atoms with van der Waals surface area (Å²) in [7, 11) is 0. The Balaban J connectivity index is 1.56. The van der Waals surface area contributed by atoms with E-state index in [1.807, 2.05) is 49.4 Å². The van der Waals surface area contributed by atoms with E-state index in [4.69, 9.17) is 24.7 Å². The molecule has 0 bridgehead atoms. The Kier molecular flexibility index (Phi) is 8.32. The van der Waals surface area contributed by atoms with Crippen LogP contribution >= 0.6 is 0 Å². The third-order valence-electron chi connectivity index (χ3n) is 6.10. The average molecular weight is 499 g/mol. The van der Waals surface area contributed by atoms with Crippen LogP contribution < -0.4 is 24.7 Å². The van der Waals surface area contributed by atoms with Crippen molar-refractivity contribution in [2.75, 3.05) is 13.2 Å². The lowest BCUT2D eigenvalue weighted by molar-refractivity contribution is -0.136. The number of carbonyl (C=O) groups excluding carboxylic acids is 1.